The fraction of sp³-hybridized carbons (Fsp3) is 0.0833. The fourth-order valence-corrected chi connectivity index (χ4v) is 2.66. The average molecular weight is 416 g/mol. The van der Waals surface area contributed by atoms with Crippen molar-refractivity contribution in [2.24, 2.45) is 0 Å². The maximum atomic E-state index is 12.2. The number of carbonyl (C=O) groups is 4. The highest BCUT2D eigenvalue weighted by Crippen LogP contribution is 2.12. The third kappa shape index (κ3) is 6.37. The van der Waals surface area contributed by atoms with Gasteiger partial charge in [0.25, 0.3) is 11.8 Å². The third-order valence-corrected chi connectivity index (χ3v) is 4.29. The van der Waals surface area contributed by atoms with Gasteiger partial charge in [0.15, 0.2) is 12.4 Å². The molecule has 0 saturated carbocycles. The molecule has 3 rings (SSSR count). The quantitative estimate of drug-likeness (QED) is 0.434. The summed E-state index contributed by atoms with van der Waals surface area (Å²) in [5, 5.41) is 5.18. The Morgan fingerprint density at radius 1 is 0.645 bits per heavy atom. The Kier molecular flexibility index (Phi) is 7.26. The number of nitrogens with one attached hydrogen (secondary N) is 2. The molecule has 7 nitrogen and oxygen atoms in total. The van der Waals surface area contributed by atoms with E-state index >= 15 is 0 Å². The zero-order chi connectivity index (χ0) is 22.1. The van der Waals surface area contributed by atoms with Crippen LogP contribution < -0.4 is 10.6 Å². The molecule has 156 valence electrons. The number of ketones is 1. The summed E-state index contributed by atoms with van der Waals surface area (Å²) < 4.78 is 4.92. The number of carbonyl (C=O) groups excluding carboxylic acids is 4. The van der Waals surface area contributed by atoms with Gasteiger partial charge in [-0.3, -0.25) is 19.2 Å². The van der Waals surface area contributed by atoms with Crippen LogP contribution in [0.25, 0.3) is 0 Å². The summed E-state index contributed by atoms with van der Waals surface area (Å²) in [5.74, 6) is -1.78. The van der Waals surface area contributed by atoms with Crippen molar-refractivity contribution in [3.8, 4) is 0 Å². The van der Waals surface area contributed by atoms with Gasteiger partial charge in [-0.1, -0.05) is 36.4 Å². The highest BCUT2D eigenvalue weighted by molar-refractivity contribution is 6.04. The van der Waals surface area contributed by atoms with Gasteiger partial charge in [-0.25, -0.2) is 0 Å². The van der Waals surface area contributed by atoms with E-state index in [2.05, 4.69) is 10.6 Å². The van der Waals surface area contributed by atoms with Crippen molar-refractivity contribution < 1.29 is 23.9 Å². The van der Waals surface area contributed by atoms with Gasteiger partial charge >= 0.3 is 5.97 Å². The Morgan fingerprint density at radius 2 is 1.19 bits per heavy atom. The van der Waals surface area contributed by atoms with Crippen LogP contribution >= 0.6 is 0 Å². The lowest BCUT2D eigenvalue weighted by Gasteiger charge is -2.08. The first-order valence-electron chi connectivity index (χ1n) is 9.51. The van der Waals surface area contributed by atoms with E-state index in [1.54, 1.807) is 66.7 Å². The van der Waals surface area contributed by atoms with Crippen LogP contribution in [0.15, 0.2) is 84.9 Å². The van der Waals surface area contributed by atoms with Crippen LogP contribution in [0, 0.1) is 0 Å². The van der Waals surface area contributed by atoms with Crippen LogP contribution in [-0.4, -0.2) is 36.7 Å². The van der Waals surface area contributed by atoms with Crippen LogP contribution in [0.1, 0.15) is 31.1 Å². The van der Waals surface area contributed by atoms with Gasteiger partial charge < -0.3 is 15.4 Å². The Morgan fingerprint density at radius 3 is 1.77 bits per heavy atom. The number of hydrogen-bond acceptors (Lipinski definition) is 5. The first-order chi connectivity index (χ1) is 15.0. The second kappa shape index (κ2) is 10.5. The standard InChI is InChI=1S/C24H20N2O5/c27-21(16-31-22(28)15-25-23(29)18-7-3-1-4-8-18)17-11-13-20(14-12-17)26-24(30)19-9-5-2-6-10-19/h1-14H,15-16H2,(H,25,29)(H,26,30). The molecule has 0 aliphatic heterocycles. The molecule has 31 heavy (non-hydrogen) atoms. The Labute approximate surface area is 179 Å². The zero-order valence-corrected chi connectivity index (χ0v) is 16.5. The van der Waals surface area contributed by atoms with Gasteiger partial charge in [0, 0.05) is 22.4 Å². The minimum Gasteiger partial charge on any atom is -0.456 e. The summed E-state index contributed by atoms with van der Waals surface area (Å²) in [6.07, 6.45) is 0. The van der Waals surface area contributed by atoms with Crippen LogP contribution in [-0.2, 0) is 9.53 Å². The minimum atomic E-state index is -0.718. The maximum Gasteiger partial charge on any atom is 0.325 e. The van der Waals surface area contributed by atoms with Crippen molar-refractivity contribution in [3.05, 3.63) is 102 Å². The van der Waals surface area contributed by atoms with E-state index in [4.69, 9.17) is 4.74 Å². The summed E-state index contributed by atoms with van der Waals surface area (Å²) in [7, 11) is 0. The summed E-state index contributed by atoms with van der Waals surface area (Å²) in [5.41, 5.74) is 1.81. The molecule has 2 amide bonds. The Bertz CT molecular complexity index is 1060. The average Bonchev–Trinajstić information content (AvgIpc) is 2.82. The molecule has 3 aromatic rings. The molecular weight excluding hydrogens is 396 g/mol. The lowest BCUT2D eigenvalue weighted by atomic mass is 10.1. The van der Waals surface area contributed by atoms with E-state index in [1.807, 2.05) is 6.07 Å². The highest BCUT2D eigenvalue weighted by atomic mass is 16.5. The van der Waals surface area contributed by atoms with Crippen molar-refractivity contribution in [2.75, 3.05) is 18.5 Å². The predicted octanol–water partition coefficient (Wildman–Crippen LogP) is 3.09. The van der Waals surface area contributed by atoms with Crippen LogP contribution in [0.5, 0.6) is 0 Å². The highest BCUT2D eigenvalue weighted by Gasteiger charge is 2.12. The molecule has 0 spiro atoms. The number of esters is 1. The van der Waals surface area contributed by atoms with Crippen LogP contribution in [0.3, 0.4) is 0 Å². The van der Waals surface area contributed by atoms with E-state index in [0.717, 1.165) is 0 Å². The smallest absolute Gasteiger partial charge is 0.325 e. The van der Waals surface area contributed by atoms with Gasteiger partial charge in [0.05, 0.1) is 0 Å². The third-order valence-electron chi connectivity index (χ3n) is 4.29. The summed E-state index contributed by atoms with van der Waals surface area (Å²) >= 11 is 0. The number of hydrogen-bond donors (Lipinski definition) is 2. The summed E-state index contributed by atoms with van der Waals surface area (Å²) in [6, 6.07) is 23.5. The molecule has 0 fully saturated rings. The molecule has 0 unspecified atom stereocenters. The second-order valence-electron chi connectivity index (χ2n) is 6.53. The first-order valence-corrected chi connectivity index (χ1v) is 9.51. The molecule has 3 aromatic carbocycles. The molecular formula is C24H20N2O5. The molecule has 0 heterocycles. The molecule has 0 radical (unpaired) electrons. The molecule has 0 aliphatic rings. The molecule has 0 aliphatic carbocycles. The largest absolute Gasteiger partial charge is 0.456 e. The monoisotopic (exact) mass is 416 g/mol. The number of ether oxygens (including phenoxy) is 1. The van der Waals surface area contributed by atoms with Gasteiger partial charge in [-0.05, 0) is 48.5 Å². The Hall–Kier alpha value is -4.26. The van der Waals surface area contributed by atoms with Gasteiger partial charge in [0.1, 0.15) is 6.54 Å². The predicted molar refractivity (Wildman–Crippen MR) is 115 cm³/mol. The van der Waals surface area contributed by atoms with E-state index in [-0.39, 0.29) is 12.5 Å². The minimum absolute atomic E-state index is 0.258. The number of rotatable bonds is 8. The number of anilines is 1. The number of Topliss-reactive ketones (excluding diaryl/α,β-unsaturated/α-hetero) is 1. The normalized spacial score (nSPS) is 10.1. The summed E-state index contributed by atoms with van der Waals surface area (Å²) in [4.78, 5) is 48.0. The topological polar surface area (TPSA) is 102 Å². The van der Waals surface area contributed by atoms with Crippen molar-refractivity contribution in [1.29, 1.82) is 0 Å². The zero-order valence-electron chi connectivity index (χ0n) is 16.5. The van der Waals surface area contributed by atoms with E-state index in [0.29, 0.717) is 22.4 Å². The van der Waals surface area contributed by atoms with Crippen molar-refractivity contribution in [1.82, 2.24) is 5.32 Å². The molecule has 0 atom stereocenters. The van der Waals surface area contributed by atoms with E-state index in [1.165, 1.54) is 12.1 Å². The van der Waals surface area contributed by atoms with Crippen molar-refractivity contribution >= 4 is 29.3 Å². The van der Waals surface area contributed by atoms with E-state index < -0.39 is 24.3 Å². The van der Waals surface area contributed by atoms with Gasteiger partial charge in [-0.15, -0.1) is 0 Å². The molecule has 2 N–H and O–H groups in total. The van der Waals surface area contributed by atoms with Gasteiger partial charge in [-0.2, -0.15) is 0 Å². The van der Waals surface area contributed by atoms with E-state index in [9.17, 15) is 19.2 Å². The molecule has 0 bridgehead atoms. The number of benzene rings is 3. The van der Waals surface area contributed by atoms with Crippen LogP contribution in [0.2, 0.25) is 0 Å². The SMILES string of the molecule is O=C(CNC(=O)c1ccccc1)OCC(=O)c1ccc(NC(=O)c2ccccc2)cc1. The lowest BCUT2D eigenvalue weighted by molar-refractivity contribution is -0.141. The lowest BCUT2D eigenvalue weighted by Crippen LogP contribution is -2.31. The molecule has 0 saturated heterocycles. The van der Waals surface area contributed by atoms with Crippen molar-refractivity contribution in [2.45, 2.75) is 0 Å². The fourth-order valence-electron chi connectivity index (χ4n) is 2.66. The summed E-state index contributed by atoms with van der Waals surface area (Å²) in [6.45, 7) is -0.790. The number of amides is 2. The first kappa shape index (κ1) is 21.4. The molecule has 7 heteroatoms. The second-order valence-corrected chi connectivity index (χ2v) is 6.53. The Balaban J connectivity index is 1.44. The van der Waals surface area contributed by atoms with Crippen LogP contribution in [0.4, 0.5) is 5.69 Å². The maximum absolute atomic E-state index is 12.2. The van der Waals surface area contributed by atoms with Crippen molar-refractivity contribution in [3.63, 3.8) is 0 Å². The van der Waals surface area contributed by atoms with Gasteiger partial charge in [0.2, 0.25) is 0 Å². The molecule has 0 aromatic heterocycles.